The van der Waals surface area contributed by atoms with Crippen molar-refractivity contribution in [2.75, 3.05) is 0 Å². The van der Waals surface area contributed by atoms with Gasteiger partial charge in [-0.05, 0) is 22.4 Å². The highest BCUT2D eigenvalue weighted by Crippen LogP contribution is 2.42. The quantitative estimate of drug-likeness (QED) is 0.691. The Bertz CT molecular complexity index is 1010. The molecule has 0 aromatic heterocycles. The van der Waals surface area contributed by atoms with E-state index in [1.165, 1.54) is 6.07 Å². The molecule has 1 atom stereocenters. The zero-order valence-corrected chi connectivity index (χ0v) is 12.4. The largest absolute Gasteiger partial charge is 0.292 e. The molecule has 1 heterocycles. The zero-order chi connectivity index (χ0) is 15.3. The van der Waals surface area contributed by atoms with Gasteiger partial charge in [-0.25, -0.2) is 8.42 Å². The molecule has 3 nitrogen and oxygen atoms in total. The predicted molar refractivity (Wildman–Crippen MR) is 84.6 cm³/mol. The summed E-state index contributed by atoms with van der Waals surface area (Å²) in [6.45, 7) is 0. The minimum absolute atomic E-state index is 0.137. The highest BCUT2D eigenvalue weighted by molar-refractivity contribution is 7.93. The lowest BCUT2D eigenvalue weighted by atomic mass is 9.97. The SMILES string of the molecule is O=C1c2ccccc2S(=O)(=O)[C@@H]1c1cccc2ccccc12. The van der Waals surface area contributed by atoms with Crippen LogP contribution in [-0.4, -0.2) is 14.2 Å². The van der Waals surface area contributed by atoms with E-state index < -0.39 is 15.1 Å². The van der Waals surface area contributed by atoms with Gasteiger partial charge >= 0.3 is 0 Å². The van der Waals surface area contributed by atoms with Crippen molar-refractivity contribution in [2.24, 2.45) is 0 Å². The average molecular weight is 308 g/mol. The van der Waals surface area contributed by atoms with Gasteiger partial charge in [-0.1, -0.05) is 60.7 Å². The Kier molecular flexibility index (Phi) is 2.71. The summed E-state index contributed by atoms with van der Waals surface area (Å²) in [5, 5.41) is 0.592. The molecule has 0 saturated heterocycles. The summed E-state index contributed by atoms with van der Waals surface area (Å²) >= 11 is 0. The maximum atomic E-state index is 12.8. The van der Waals surface area contributed by atoms with Gasteiger partial charge in [0.25, 0.3) is 0 Å². The van der Waals surface area contributed by atoms with E-state index in [1.807, 2.05) is 30.3 Å². The van der Waals surface area contributed by atoms with Gasteiger partial charge in [0.15, 0.2) is 20.9 Å². The van der Waals surface area contributed by atoms with Crippen LogP contribution in [0.2, 0.25) is 0 Å². The second-order valence-electron chi connectivity index (χ2n) is 5.35. The van der Waals surface area contributed by atoms with E-state index >= 15 is 0 Å². The lowest BCUT2D eigenvalue weighted by molar-refractivity contribution is 0.0990. The van der Waals surface area contributed by atoms with Gasteiger partial charge in [0.05, 0.1) is 4.90 Å². The summed E-state index contributed by atoms with van der Waals surface area (Å²) < 4.78 is 25.6. The van der Waals surface area contributed by atoms with Crippen LogP contribution in [0, 0.1) is 0 Å². The Morgan fingerprint density at radius 1 is 0.773 bits per heavy atom. The number of benzene rings is 3. The van der Waals surface area contributed by atoms with E-state index in [0.29, 0.717) is 11.1 Å². The molecule has 0 saturated carbocycles. The smallest absolute Gasteiger partial charge is 0.193 e. The van der Waals surface area contributed by atoms with Crippen LogP contribution in [0.4, 0.5) is 0 Å². The fraction of sp³-hybridized carbons (Fsp3) is 0.0556. The minimum atomic E-state index is -3.69. The predicted octanol–water partition coefficient (Wildman–Crippen LogP) is 3.55. The molecule has 0 radical (unpaired) electrons. The maximum Gasteiger partial charge on any atom is 0.193 e. The first-order chi connectivity index (χ1) is 10.6. The fourth-order valence-corrected chi connectivity index (χ4v) is 5.06. The summed E-state index contributed by atoms with van der Waals surface area (Å²) in [4.78, 5) is 12.8. The molecule has 4 heteroatoms. The van der Waals surface area contributed by atoms with Crippen LogP contribution in [0.3, 0.4) is 0 Å². The minimum Gasteiger partial charge on any atom is -0.292 e. The van der Waals surface area contributed by atoms with E-state index in [0.717, 1.165) is 10.8 Å². The number of carbonyl (C=O) groups is 1. The molecule has 1 aliphatic rings. The zero-order valence-electron chi connectivity index (χ0n) is 11.6. The first-order valence-corrected chi connectivity index (χ1v) is 8.50. The van der Waals surface area contributed by atoms with Gasteiger partial charge in [-0.3, -0.25) is 4.79 Å². The van der Waals surface area contributed by atoms with Crippen LogP contribution in [0.25, 0.3) is 10.8 Å². The lowest BCUT2D eigenvalue weighted by Gasteiger charge is -2.12. The normalized spacial score (nSPS) is 19.3. The summed E-state index contributed by atoms with van der Waals surface area (Å²) in [6, 6.07) is 19.4. The highest BCUT2D eigenvalue weighted by atomic mass is 32.2. The number of carbonyl (C=O) groups excluding carboxylic acids is 1. The van der Waals surface area contributed by atoms with Crippen LogP contribution >= 0.6 is 0 Å². The van der Waals surface area contributed by atoms with Crippen molar-refractivity contribution in [3.8, 4) is 0 Å². The van der Waals surface area contributed by atoms with Gasteiger partial charge in [0.2, 0.25) is 0 Å². The summed E-state index contributed by atoms with van der Waals surface area (Å²) in [5.41, 5.74) is 0.847. The molecule has 3 aromatic carbocycles. The van der Waals surface area contributed by atoms with Crippen LogP contribution in [-0.2, 0) is 9.84 Å². The van der Waals surface area contributed by atoms with Gasteiger partial charge in [-0.15, -0.1) is 0 Å². The van der Waals surface area contributed by atoms with Gasteiger partial charge < -0.3 is 0 Å². The number of sulfone groups is 1. The maximum absolute atomic E-state index is 12.8. The highest BCUT2D eigenvalue weighted by Gasteiger charge is 2.45. The van der Waals surface area contributed by atoms with Crippen LogP contribution in [0.5, 0.6) is 0 Å². The van der Waals surface area contributed by atoms with Crippen LogP contribution in [0.15, 0.2) is 71.6 Å². The number of ketones is 1. The van der Waals surface area contributed by atoms with E-state index in [2.05, 4.69) is 0 Å². The van der Waals surface area contributed by atoms with Crippen molar-refractivity contribution < 1.29 is 13.2 Å². The lowest BCUT2D eigenvalue weighted by Crippen LogP contribution is -2.14. The molecule has 1 aliphatic heterocycles. The summed E-state index contributed by atoms with van der Waals surface area (Å²) in [7, 11) is -3.69. The molecule has 0 fully saturated rings. The molecule has 22 heavy (non-hydrogen) atoms. The van der Waals surface area contributed by atoms with E-state index in [4.69, 9.17) is 0 Å². The van der Waals surface area contributed by atoms with E-state index in [9.17, 15) is 13.2 Å². The number of fused-ring (bicyclic) bond motifs is 2. The Morgan fingerprint density at radius 3 is 2.27 bits per heavy atom. The van der Waals surface area contributed by atoms with E-state index in [-0.39, 0.29) is 10.7 Å². The third-order valence-electron chi connectivity index (χ3n) is 4.11. The summed E-state index contributed by atoms with van der Waals surface area (Å²) in [5.74, 6) is -0.341. The van der Waals surface area contributed by atoms with Crippen LogP contribution in [0.1, 0.15) is 21.2 Å². The van der Waals surface area contributed by atoms with Crippen molar-refractivity contribution in [1.82, 2.24) is 0 Å². The Morgan fingerprint density at radius 2 is 1.45 bits per heavy atom. The van der Waals surface area contributed by atoms with Crippen molar-refractivity contribution in [2.45, 2.75) is 10.1 Å². The number of Topliss-reactive ketones (excluding diaryl/α,β-unsaturated/α-hetero) is 1. The van der Waals surface area contributed by atoms with Gasteiger partial charge in [0.1, 0.15) is 0 Å². The van der Waals surface area contributed by atoms with Crippen molar-refractivity contribution in [3.05, 3.63) is 77.9 Å². The van der Waals surface area contributed by atoms with Gasteiger partial charge in [-0.2, -0.15) is 0 Å². The van der Waals surface area contributed by atoms with E-state index in [1.54, 1.807) is 30.3 Å². The molecule has 0 N–H and O–H groups in total. The molecule has 0 bridgehead atoms. The van der Waals surface area contributed by atoms with Gasteiger partial charge in [0, 0.05) is 5.56 Å². The topological polar surface area (TPSA) is 51.2 Å². The first kappa shape index (κ1) is 13.2. The molecule has 3 aromatic rings. The number of hydrogen-bond donors (Lipinski definition) is 0. The number of hydrogen-bond acceptors (Lipinski definition) is 3. The third kappa shape index (κ3) is 1.67. The van der Waals surface area contributed by atoms with Crippen molar-refractivity contribution in [1.29, 1.82) is 0 Å². The van der Waals surface area contributed by atoms with Crippen molar-refractivity contribution >= 4 is 26.4 Å². The Balaban J connectivity index is 2.03. The van der Waals surface area contributed by atoms with Crippen molar-refractivity contribution in [3.63, 3.8) is 0 Å². The monoisotopic (exact) mass is 308 g/mol. The molecular weight excluding hydrogens is 296 g/mol. The number of rotatable bonds is 1. The molecule has 108 valence electrons. The Hall–Kier alpha value is -2.46. The molecule has 0 unspecified atom stereocenters. The summed E-state index contributed by atoms with van der Waals surface area (Å²) in [6.07, 6.45) is 0. The standard InChI is InChI=1S/C18H12O3S/c19-17-15-9-3-4-11-16(15)22(20,21)18(17)14-10-5-7-12-6-1-2-8-13(12)14/h1-11,18H/t18-/m1/s1. The van der Waals surface area contributed by atoms with Crippen LogP contribution < -0.4 is 0 Å². The average Bonchev–Trinajstić information content (AvgIpc) is 2.74. The molecular formula is C18H12O3S. The second kappa shape index (κ2) is 4.52. The molecule has 0 amide bonds. The molecule has 4 rings (SSSR count). The Labute approximate surface area is 128 Å². The fourth-order valence-electron chi connectivity index (χ4n) is 3.11. The molecule has 0 spiro atoms. The first-order valence-electron chi connectivity index (χ1n) is 6.95. The molecule has 0 aliphatic carbocycles. The third-order valence-corrected chi connectivity index (χ3v) is 6.17. The second-order valence-corrected chi connectivity index (χ2v) is 7.36.